The van der Waals surface area contributed by atoms with Crippen LogP contribution in [0.2, 0.25) is 0 Å². The minimum atomic E-state index is -0.101. The lowest BCUT2D eigenvalue weighted by Crippen LogP contribution is -2.06. The molecule has 0 radical (unpaired) electrons. The molecule has 0 aliphatic rings. The average Bonchev–Trinajstić information content (AvgIpc) is 3.05. The summed E-state index contributed by atoms with van der Waals surface area (Å²) in [6.45, 7) is 0.448. The van der Waals surface area contributed by atoms with Crippen LogP contribution < -0.4 is 4.74 Å². The van der Waals surface area contributed by atoms with Crippen molar-refractivity contribution >= 4 is 6.29 Å². The van der Waals surface area contributed by atoms with Gasteiger partial charge in [0.15, 0.2) is 0 Å². The topological polar surface area (TPSA) is 64.4 Å². The summed E-state index contributed by atoms with van der Waals surface area (Å²) >= 11 is 0. The highest BCUT2D eigenvalue weighted by atomic mass is 16.5. The summed E-state index contributed by atoms with van der Waals surface area (Å²) in [4.78, 5) is 10.9. The maximum atomic E-state index is 10.9. The molecular weight excluding hydrogens is 304 g/mol. The third-order valence-corrected chi connectivity index (χ3v) is 3.84. The fourth-order valence-electron chi connectivity index (χ4n) is 2.54. The first-order valence-corrected chi connectivity index (χ1v) is 7.59. The van der Waals surface area contributed by atoms with Crippen LogP contribution in [0.25, 0.3) is 11.3 Å². The van der Waals surface area contributed by atoms with Crippen LogP contribution in [0, 0.1) is 0 Å². The first-order valence-electron chi connectivity index (χ1n) is 7.59. The molecule has 24 heavy (non-hydrogen) atoms. The van der Waals surface area contributed by atoms with E-state index in [1.54, 1.807) is 23.9 Å². The Kier molecular flexibility index (Phi) is 4.72. The van der Waals surface area contributed by atoms with Gasteiger partial charge >= 0.3 is 0 Å². The Bertz CT molecular complexity index is 838. The number of hydrogen-bond donors (Lipinski definition) is 1. The van der Waals surface area contributed by atoms with Gasteiger partial charge in [-0.25, -0.2) is 0 Å². The van der Waals surface area contributed by atoms with Gasteiger partial charge < -0.3 is 9.84 Å². The standard InChI is InChI=1S/C19H18N2O3/c1-24-18-7-5-14(6-8-18)11-21-17(13-23)10-19(20-21)16-4-2-3-15(9-16)12-22/h2-10,12,23H,11,13H2,1H3. The van der Waals surface area contributed by atoms with Gasteiger partial charge in [0.05, 0.1) is 31.6 Å². The van der Waals surface area contributed by atoms with E-state index < -0.39 is 0 Å². The molecule has 0 unspecified atom stereocenters. The van der Waals surface area contributed by atoms with E-state index >= 15 is 0 Å². The summed E-state index contributed by atoms with van der Waals surface area (Å²) in [7, 11) is 1.63. The van der Waals surface area contributed by atoms with Crippen LogP contribution in [-0.2, 0) is 13.2 Å². The van der Waals surface area contributed by atoms with E-state index in [0.717, 1.165) is 34.6 Å². The summed E-state index contributed by atoms with van der Waals surface area (Å²) in [5.74, 6) is 0.799. The minimum Gasteiger partial charge on any atom is -0.497 e. The smallest absolute Gasteiger partial charge is 0.150 e. The number of aldehydes is 1. The van der Waals surface area contributed by atoms with Crippen molar-refractivity contribution in [1.82, 2.24) is 9.78 Å². The molecule has 0 fully saturated rings. The molecule has 1 heterocycles. The second-order valence-corrected chi connectivity index (χ2v) is 5.43. The summed E-state index contributed by atoms with van der Waals surface area (Å²) < 4.78 is 6.93. The van der Waals surface area contributed by atoms with Crippen molar-refractivity contribution in [2.75, 3.05) is 7.11 Å². The van der Waals surface area contributed by atoms with Gasteiger partial charge in [0.2, 0.25) is 0 Å². The Morgan fingerprint density at radius 3 is 2.62 bits per heavy atom. The summed E-state index contributed by atoms with van der Waals surface area (Å²) in [6, 6.07) is 16.8. The second kappa shape index (κ2) is 7.10. The van der Waals surface area contributed by atoms with Gasteiger partial charge in [0.25, 0.3) is 0 Å². The number of aromatic nitrogens is 2. The normalized spacial score (nSPS) is 10.6. The van der Waals surface area contributed by atoms with E-state index in [1.165, 1.54) is 0 Å². The van der Waals surface area contributed by atoms with Crippen LogP contribution in [0.3, 0.4) is 0 Å². The number of benzene rings is 2. The van der Waals surface area contributed by atoms with Crippen LogP contribution in [0.1, 0.15) is 21.6 Å². The number of carbonyl (C=O) groups excluding carboxylic acids is 1. The van der Waals surface area contributed by atoms with Crippen molar-refractivity contribution in [1.29, 1.82) is 0 Å². The van der Waals surface area contributed by atoms with Gasteiger partial charge in [-0.15, -0.1) is 0 Å². The zero-order valence-electron chi connectivity index (χ0n) is 13.3. The Hall–Kier alpha value is -2.92. The molecule has 0 saturated heterocycles. The van der Waals surface area contributed by atoms with Crippen molar-refractivity contribution < 1.29 is 14.6 Å². The Balaban J connectivity index is 1.90. The number of carbonyl (C=O) groups is 1. The number of methoxy groups -OCH3 is 1. The monoisotopic (exact) mass is 322 g/mol. The molecule has 2 aromatic carbocycles. The number of nitrogens with zero attached hydrogens (tertiary/aromatic N) is 2. The first kappa shape index (κ1) is 16.0. The second-order valence-electron chi connectivity index (χ2n) is 5.43. The molecule has 1 N–H and O–H groups in total. The molecule has 0 bridgehead atoms. The molecular formula is C19H18N2O3. The quantitative estimate of drug-likeness (QED) is 0.709. The number of rotatable bonds is 6. The molecule has 5 heteroatoms. The van der Waals surface area contributed by atoms with Crippen LogP contribution in [-0.4, -0.2) is 28.3 Å². The molecule has 3 rings (SSSR count). The molecule has 0 atom stereocenters. The third kappa shape index (κ3) is 3.36. The van der Waals surface area contributed by atoms with E-state index in [0.29, 0.717) is 12.1 Å². The number of aliphatic hydroxyl groups excluding tert-OH is 1. The van der Waals surface area contributed by atoms with Gasteiger partial charge in [-0.3, -0.25) is 9.48 Å². The van der Waals surface area contributed by atoms with Crippen molar-refractivity contribution in [3.05, 3.63) is 71.4 Å². The maximum absolute atomic E-state index is 10.9. The van der Waals surface area contributed by atoms with Crippen LogP contribution in [0.4, 0.5) is 0 Å². The highest BCUT2D eigenvalue weighted by molar-refractivity contribution is 5.78. The maximum Gasteiger partial charge on any atom is 0.150 e. The highest BCUT2D eigenvalue weighted by Gasteiger charge is 2.10. The van der Waals surface area contributed by atoms with E-state index in [-0.39, 0.29) is 6.61 Å². The van der Waals surface area contributed by atoms with Crippen LogP contribution >= 0.6 is 0 Å². The number of aliphatic hydroxyl groups is 1. The lowest BCUT2D eigenvalue weighted by atomic mass is 10.1. The predicted octanol–water partition coefficient (Wildman–Crippen LogP) is 2.91. The van der Waals surface area contributed by atoms with Gasteiger partial charge in [0.1, 0.15) is 12.0 Å². The van der Waals surface area contributed by atoms with Crippen molar-refractivity contribution in [3.63, 3.8) is 0 Å². The van der Waals surface area contributed by atoms with E-state index in [9.17, 15) is 9.90 Å². The molecule has 0 spiro atoms. The van der Waals surface area contributed by atoms with Crippen molar-refractivity contribution in [2.24, 2.45) is 0 Å². The zero-order chi connectivity index (χ0) is 16.9. The van der Waals surface area contributed by atoms with Gasteiger partial charge in [-0.2, -0.15) is 5.10 Å². The molecule has 0 saturated carbocycles. The van der Waals surface area contributed by atoms with Crippen molar-refractivity contribution in [2.45, 2.75) is 13.2 Å². The molecule has 0 amide bonds. The summed E-state index contributed by atoms with van der Waals surface area (Å²) in [5, 5.41) is 14.2. The van der Waals surface area contributed by atoms with E-state index in [4.69, 9.17) is 4.74 Å². The lowest BCUT2D eigenvalue weighted by Gasteiger charge is -2.06. The molecule has 0 aliphatic carbocycles. The van der Waals surface area contributed by atoms with Crippen molar-refractivity contribution in [3.8, 4) is 17.0 Å². The molecule has 122 valence electrons. The Morgan fingerprint density at radius 1 is 1.17 bits per heavy atom. The van der Waals surface area contributed by atoms with E-state index in [2.05, 4.69) is 5.10 Å². The van der Waals surface area contributed by atoms with Crippen LogP contribution in [0.15, 0.2) is 54.6 Å². The minimum absolute atomic E-state index is 0.101. The molecule has 3 aromatic rings. The Labute approximate surface area is 140 Å². The zero-order valence-corrected chi connectivity index (χ0v) is 13.3. The summed E-state index contributed by atoms with van der Waals surface area (Å²) in [5.41, 5.74) is 3.96. The highest BCUT2D eigenvalue weighted by Crippen LogP contribution is 2.21. The van der Waals surface area contributed by atoms with Gasteiger partial charge in [0, 0.05) is 11.1 Å². The number of ether oxygens (including phenoxy) is 1. The van der Waals surface area contributed by atoms with Gasteiger partial charge in [-0.05, 0) is 29.8 Å². The Morgan fingerprint density at radius 2 is 1.96 bits per heavy atom. The predicted molar refractivity (Wildman–Crippen MR) is 91.1 cm³/mol. The molecule has 1 aromatic heterocycles. The summed E-state index contributed by atoms with van der Waals surface area (Å²) in [6.07, 6.45) is 0.810. The average molecular weight is 322 g/mol. The number of hydrogen-bond acceptors (Lipinski definition) is 4. The lowest BCUT2D eigenvalue weighted by molar-refractivity contribution is 0.112. The fourth-order valence-corrected chi connectivity index (χ4v) is 2.54. The largest absolute Gasteiger partial charge is 0.497 e. The van der Waals surface area contributed by atoms with Crippen LogP contribution in [0.5, 0.6) is 5.75 Å². The SMILES string of the molecule is COc1ccc(Cn2nc(-c3cccc(C=O)c3)cc2CO)cc1. The first-order chi connectivity index (χ1) is 11.7. The van der Waals surface area contributed by atoms with E-state index in [1.807, 2.05) is 42.5 Å². The molecule has 5 nitrogen and oxygen atoms in total. The third-order valence-electron chi connectivity index (χ3n) is 3.84. The van der Waals surface area contributed by atoms with Gasteiger partial charge in [-0.1, -0.05) is 30.3 Å². The fraction of sp³-hybridized carbons (Fsp3) is 0.158. The molecule has 0 aliphatic heterocycles.